The molecule has 7 heteroatoms. The summed E-state index contributed by atoms with van der Waals surface area (Å²) in [6, 6.07) is 4.79. The first-order chi connectivity index (χ1) is 9.51. The number of rotatable bonds is 4. The summed E-state index contributed by atoms with van der Waals surface area (Å²) in [7, 11) is 0. The van der Waals surface area contributed by atoms with Gasteiger partial charge in [0.05, 0.1) is 0 Å². The molecule has 2 aromatic rings. The van der Waals surface area contributed by atoms with Crippen LogP contribution in [-0.2, 0) is 6.61 Å². The molecule has 1 heterocycles. The molecule has 106 valence electrons. The second-order valence-electron chi connectivity index (χ2n) is 4.06. The van der Waals surface area contributed by atoms with E-state index >= 15 is 0 Å². The monoisotopic (exact) mass is 282 g/mol. The Morgan fingerprint density at radius 3 is 2.75 bits per heavy atom. The lowest BCUT2D eigenvalue weighted by Crippen LogP contribution is -2.30. The Balaban J connectivity index is 2.07. The topological polar surface area (TPSA) is 77.5 Å². The van der Waals surface area contributed by atoms with Gasteiger partial charge in [0.1, 0.15) is 18.1 Å². The molecule has 0 spiro atoms. The van der Waals surface area contributed by atoms with Crippen molar-refractivity contribution in [2.45, 2.75) is 13.5 Å². The van der Waals surface area contributed by atoms with Crippen LogP contribution < -0.4 is 16.0 Å². The van der Waals surface area contributed by atoms with Gasteiger partial charge in [-0.2, -0.15) is 0 Å². The van der Waals surface area contributed by atoms with E-state index in [1.54, 1.807) is 13.0 Å². The number of amides is 1. The number of hydrazine groups is 1. The van der Waals surface area contributed by atoms with Crippen LogP contribution in [0, 0.1) is 18.6 Å². The summed E-state index contributed by atoms with van der Waals surface area (Å²) >= 11 is 0. The van der Waals surface area contributed by atoms with Crippen molar-refractivity contribution in [3.8, 4) is 5.75 Å². The minimum Gasteiger partial charge on any atom is -0.486 e. The van der Waals surface area contributed by atoms with Crippen LogP contribution in [0.3, 0.4) is 0 Å². The van der Waals surface area contributed by atoms with E-state index < -0.39 is 17.5 Å². The fourth-order valence-corrected chi connectivity index (χ4v) is 1.63. The molecule has 0 unspecified atom stereocenters. The molecule has 2 rings (SSSR count). The van der Waals surface area contributed by atoms with Gasteiger partial charge in [0.15, 0.2) is 17.4 Å². The van der Waals surface area contributed by atoms with Gasteiger partial charge in [-0.05, 0) is 25.1 Å². The van der Waals surface area contributed by atoms with Gasteiger partial charge < -0.3 is 9.15 Å². The van der Waals surface area contributed by atoms with Crippen molar-refractivity contribution in [2.75, 3.05) is 0 Å². The molecule has 0 saturated carbocycles. The molecule has 1 aromatic heterocycles. The first-order valence-electron chi connectivity index (χ1n) is 5.69. The normalized spacial score (nSPS) is 10.4. The Morgan fingerprint density at radius 2 is 2.10 bits per heavy atom. The molecule has 3 N–H and O–H groups in total. The summed E-state index contributed by atoms with van der Waals surface area (Å²) in [6.45, 7) is 1.65. The third-order valence-electron chi connectivity index (χ3n) is 2.58. The Labute approximate surface area is 113 Å². The molecular weight excluding hydrogens is 270 g/mol. The molecule has 0 aliphatic heterocycles. The number of nitrogens with two attached hydrogens (primary N) is 1. The van der Waals surface area contributed by atoms with Gasteiger partial charge >= 0.3 is 5.91 Å². The van der Waals surface area contributed by atoms with Gasteiger partial charge in [-0.3, -0.25) is 10.2 Å². The van der Waals surface area contributed by atoms with Gasteiger partial charge in [0.25, 0.3) is 0 Å². The number of nitrogens with one attached hydrogen (secondary N) is 1. The maximum absolute atomic E-state index is 13.0. The molecule has 0 aliphatic carbocycles. The number of ether oxygens (including phenoxy) is 1. The molecule has 1 aromatic carbocycles. The van der Waals surface area contributed by atoms with E-state index in [0.717, 1.165) is 12.1 Å². The summed E-state index contributed by atoms with van der Waals surface area (Å²) in [6.07, 6.45) is 0. The number of carbonyl (C=O) groups is 1. The zero-order valence-electron chi connectivity index (χ0n) is 10.6. The molecule has 5 nitrogen and oxygen atoms in total. The zero-order valence-corrected chi connectivity index (χ0v) is 10.6. The third kappa shape index (κ3) is 2.94. The summed E-state index contributed by atoms with van der Waals surface area (Å²) in [5.41, 5.74) is 2.55. The molecular formula is C13H12F2N2O3. The maximum Gasteiger partial charge on any atom is 0.301 e. The summed E-state index contributed by atoms with van der Waals surface area (Å²) in [5, 5.41) is 0. The van der Waals surface area contributed by atoms with Gasteiger partial charge in [-0.1, -0.05) is 0 Å². The molecule has 0 saturated heterocycles. The highest BCUT2D eigenvalue weighted by Crippen LogP contribution is 2.19. The molecule has 0 aliphatic rings. The maximum atomic E-state index is 13.0. The van der Waals surface area contributed by atoms with Crippen LogP contribution in [-0.4, -0.2) is 5.91 Å². The van der Waals surface area contributed by atoms with E-state index in [1.807, 2.05) is 5.43 Å². The van der Waals surface area contributed by atoms with Crippen LogP contribution in [0.25, 0.3) is 0 Å². The SMILES string of the molecule is Cc1cc(COc2ccc(F)c(F)c2)oc1C(=O)NN. The number of benzene rings is 1. The van der Waals surface area contributed by atoms with Gasteiger partial charge in [-0.15, -0.1) is 0 Å². The number of hydrogen-bond acceptors (Lipinski definition) is 4. The minimum atomic E-state index is -0.999. The van der Waals surface area contributed by atoms with Crippen molar-refractivity contribution in [3.63, 3.8) is 0 Å². The smallest absolute Gasteiger partial charge is 0.301 e. The highest BCUT2D eigenvalue weighted by atomic mass is 19.2. The van der Waals surface area contributed by atoms with Crippen LogP contribution in [0.4, 0.5) is 8.78 Å². The zero-order chi connectivity index (χ0) is 14.7. The van der Waals surface area contributed by atoms with Gasteiger partial charge in [-0.25, -0.2) is 14.6 Å². The van der Waals surface area contributed by atoms with Crippen molar-refractivity contribution in [2.24, 2.45) is 5.84 Å². The van der Waals surface area contributed by atoms with Crippen molar-refractivity contribution in [1.29, 1.82) is 0 Å². The van der Waals surface area contributed by atoms with Crippen molar-refractivity contribution >= 4 is 5.91 Å². The standard InChI is InChI=1S/C13H12F2N2O3/c1-7-4-9(20-12(7)13(18)17-16)6-19-8-2-3-10(14)11(15)5-8/h2-5H,6,16H2,1H3,(H,17,18). The second-order valence-corrected chi connectivity index (χ2v) is 4.06. The first-order valence-corrected chi connectivity index (χ1v) is 5.69. The van der Waals surface area contributed by atoms with E-state index in [2.05, 4.69) is 0 Å². The van der Waals surface area contributed by atoms with Gasteiger partial charge in [0.2, 0.25) is 0 Å². The highest BCUT2D eigenvalue weighted by molar-refractivity contribution is 5.92. The van der Waals surface area contributed by atoms with Gasteiger partial charge in [0, 0.05) is 11.6 Å². The number of furan rings is 1. The molecule has 20 heavy (non-hydrogen) atoms. The number of halogens is 2. The first kappa shape index (κ1) is 14.0. The minimum absolute atomic E-state index is 0.0240. The lowest BCUT2D eigenvalue weighted by atomic mass is 10.2. The number of aryl methyl sites for hydroxylation is 1. The van der Waals surface area contributed by atoms with E-state index in [0.29, 0.717) is 11.3 Å². The molecule has 0 fully saturated rings. The lowest BCUT2D eigenvalue weighted by molar-refractivity contribution is 0.0921. The third-order valence-corrected chi connectivity index (χ3v) is 2.58. The van der Waals surface area contributed by atoms with Crippen molar-refractivity contribution in [3.05, 3.63) is 53.0 Å². The molecule has 0 atom stereocenters. The van der Waals surface area contributed by atoms with Crippen LogP contribution in [0.1, 0.15) is 21.9 Å². The molecule has 1 amide bonds. The summed E-state index contributed by atoms with van der Waals surface area (Å²) in [5.74, 6) is 3.11. The summed E-state index contributed by atoms with van der Waals surface area (Å²) in [4.78, 5) is 11.3. The van der Waals surface area contributed by atoms with Crippen LogP contribution in [0.2, 0.25) is 0 Å². The average molecular weight is 282 g/mol. The predicted octanol–water partition coefficient (Wildman–Crippen LogP) is 2.05. The Kier molecular flexibility index (Phi) is 3.99. The fraction of sp³-hybridized carbons (Fsp3) is 0.154. The Hall–Kier alpha value is -2.41. The van der Waals surface area contributed by atoms with Crippen molar-refractivity contribution < 1.29 is 22.7 Å². The fourth-order valence-electron chi connectivity index (χ4n) is 1.63. The lowest BCUT2D eigenvalue weighted by Gasteiger charge is -2.04. The van der Waals surface area contributed by atoms with E-state index in [9.17, 15) is 13.6 Å². The average Bonchev–Trinajstić information content (AvgIpc) is 2.80. The van der Waals surface area contributed by atoms with Crippen LogP contribution >= 0.6 is 0 Å². The number of nitrogen functional groups attached to an aromatic ring is 1. The largest absolute Gasteiger partial charge is 0.486 e. The molecule has 0 bridgehead atoms. The van der Waals surface area contributed by atoms with E-state index in [4.69, 9.17) is 15.0 Å². The number of hydrogen-bond donors (Lipinski definition) is 2. The van der Waals surface area contributed by atoms with E-state index in [1.165, 1.54) is 6.07 Å². The van der Waals surface area contributed by atoms with Crippen LogP contribution in [0.15, 0.2) is 28.7 Å². The Morgan fingerprint density at radius 1 is 1.35 bits per heavy atom. The predicted molar refractivity (Wildman–Crippen MR) is 65.8 cm³/mol. The van der Waals surface area contributed by atoms with Crippen LogP contribution in [0.5, 0.6) is 5.75 Å². The summed E-state index contributed by atoms with van der Waals surface area (Å²) < 4.78 is 36.2. The molecule has 0 radical (unpaired) electrons. The number of carbonyl (C=O) groups excluding carboxylic acids is 1. The quantitative estimate of drug-likeness (QED) is 0.511. The van der Waals surface area contributed by atoms with E-state index in [-0.39, 0.29) is 18.1 Å². The second kappa shape index (κ2) is 5.70. The van der Waals surface area contributed by atoms with Crippen molar-refractivity contribution in [1.82, 2.24) is 5.43 Å². The highest BCUT2D eigenvalue weighted by Gasteiger charge is 2.15. The Bertz CT molecular complexity index is 641.